The second-order valence-corrected chi connectivity index (χ2v) is 8.42. The van der Waals surface area contributed by atoms with Crippen LogP contribution in [0.3, 0.4) is 0 Å². The smallest absolute Gasteiger partial charge is 0.264 e. The van der Waals surface area contributed by atoms with Crippen molar-refractivity contribution in [2.24, 2.45) is 5.92 Å². The Labute approximate surface area is 200 Å². The molecular formula is C26H23FN6O2. The molecule has 2 aromatic heterocycles. The Morgan fingerprint density at radius 1 is 0.857 bits per heavy atom. The Morgan fingerprint density at radius 2 is 1.51 bits per heavy atom. The fourth-order valence-electron chi connectivity index (χ4n) is 4.11. The Kier molecular flexibility index (Phi) is 6.30. The van der Waals surface area contributed by atoms with Crippen LogP contribution in [0.1, 0.15) is 12.8 Å². The first-order chi connectivity index (χ1) is 17.0. The monoisotopic (exact) mass is 470 g/mol. The average Bonchev–Trinajstić information content (AvgIpc) is 2.90. The lowest BCUT2D eigenvalue weighted by Crippen LogP contribution is -2.38. The molecule has 8 nitrogen and oxygen atoms in total. The van der Waals surface area contributed by atoms with Crippen LogP contribution in [0.2, 0.25) is 0 Å². The number of nitrogens with one attached hydrogen (secondary N) is 2. The highest BCUT2D eigenvalue weighted by atomic mass is 19.1. The van der Waals surface area contributed by atoms with Crippen LogP contribution in [0.4, 0.5) is 15.9 Å². The summed E-state index contributed by atoms with van der Waals surface area (Å²) >= 11 is 0. The molecule has 3 heterocycles. The van der Waals surface area contributed by atoms with Crippen LogP contribution in [-0.2, 0) is 4.79 Å². The largest absolute Gasteiger partial charge is 0.355 e. The maximum atomic E-state index is 13.1. The Balaban J connectivity index is 1.15. The van der Waals surface area contributed by atoms with Crippen molar-refractivity contribution in [2.75, 3.05) is 23.3 Å². The summed E-state index contributed by atoms with van der Waals surface area (Å²) in [6.45, 7) is 1.42. The summed E-state index contributed by atoms with van der Waals surface area (Å²) in [4.78, 5) is 26.1. The van der Waals surface area contributed by atoms with E-state index in [0.29, 0.717) is 43.0 Å². The van der Waals surface area contributed by atoms with Gasteiger partial charge in [-0.05, 0) is 67.4 Å². The van der Waals surface area contributed by atoms with Gasteiger partial charge in [0.15, 0.2) is 5.82 Å². The van der Waals surface area contributed by atoms with E-state index in [1.807, 2.05) is 36.4 Å². The van der Waals surface area contributed by atoms with E-state index in [0.717, 1.165) is 16.9 Å². The number of H-pyrrole nitrogens is 1. The van der Waals surface area contributed by atoms with E-state index in [2.05, 4.69) is 30.6 Å². The van der Waals surface area contributed by atoms with Gasteiger partial charge in [0.05, 0.1) is 11.4 Å². The average molecular weight is 471 g/mol. The molecule has 4 aromatic rings. The number of rotatable bonds is 5. The summed E-state index contributed by atoms with van der Waals surface area (Å²) in [5.41, 5.74) is 3.46. The second-order valence-electron chi connectivity index (χ2n) is 8.42. The lowest BCUT2D eigenvalue weighted by Gasteiger charge is -2.31. The van der Waals surface area contributed by atoms with Crippen LogP contribution in [0.25, 0.3) is 22.5 Å². The zero-order valence-corrected chi connectivity index (χ0v) is 18.8. The molecule has 1 saturated heterocycles. The number of aromatic amines is 1. The molecule has 176 valence electrons. The zero-order chi connectivity index (χ0) is 24.2. The van der Waals surface area contributed by atoms with Gasteiger partial charge in [0.2, 0.25) is 5.91 Å². The molecule has 1 amide bonds. The number of piperidine rings is 1. The van der Waals surface area contributed by atoms with Crippen LogP contribution in [0.15, 0.2) is 77.6 Å². The van der Waals surface area contributed by atoms with Crippen molar-refractivity contribution in [1.82, 2.24) is 20.4 Å². The normalized spacial score (nSPS) is 14.0. The highest BCUT2D eigenvalue weighted by Crippen LogP contribution is 2.25. The molecule has 2 N–H and O–H groups in total. The van der Waals surface area contributed by atoms with E-state index in [-0.39, 0.29) is 23.2 Å². The molecule has 0 saturated carbocycles. The summed E-state index contributed by atoms with van der Waals surface area (Å²) in [5, 5.41) is 18.0. The first kappa shape index (κ1) is 22.4. The molecule has 5 rings (SSSR count). The van der Waals surface area contributed by atoms with E-state index < -0.39 is 0 Å². The van der Waals surface area contributed by atoms with Gasteiger partial charge in [0.25, 0.3) is 5.56 Å². The molecule has 9 heteroatoms. The van der Waals surface area contributed by atoms with Gasteiger partial charge >= 0.3 is 0 Å². The highest BCUT2D eigenvalue weighted by molar-refractivity contribution is 5.93. The van der Waals surface area contributed by atoms with Gasteiger partial charge in [0, 0.05) is 41.9 Å². The summed E-state index contributed by atoms with van der Waals surface area (Å²) in [7, 11) is 0. The number of aromatic nitrogens is 4. The first-order valence-corrected chi connectivity index (χ1v) is 11.4. The van der Waals surface area contributed by atoms with Crippen molar-refractivity contribution < 1.29 is 9.18 Å². The minimum absolute atomic E-state index is 0.00249. The van der Waals surface area contributed by atoms with Gasteiger partial charge < -0.3 is 10.2 Å². The van der Waals surface area contributed by atoms with Crippen molar-refractivity contribution in [1.29, 1.82) is 0 Å². The molecule has 1 fully saturated rings. The molecule has 0 atom stereocenters. The molecule has 35 heavy (non-hydrogen) atoms. The second kappa shape index (κ2) is 9.84. The third-order valence-corrected chi connectivity index (χ3v) is 6.11. The molecule has 0 radical (unpaired) electrons. The SMILES string of the molecule is O=C(Nc1ccc(-c2ccc(=O)[nH]n2)cc1)C1CCN(c2ccc(-c3ccc(F)cc3)nn2)CC1. The van der Waals surface area contributed by atoms with Gasteiger partial charge in [-0.2, -0.15) is 5.10 Å². The number of carbonyl (C=O) groups is 1. The number of hydrogen-bond donors (Lipinski definition) is 2. The number of benzene rings is 2. The summed E-state index contributed by atoms with van der Waals surface area (Å²) in [6.07, 6.45) is 1.43. The Bertz CT molecular complexity index is 1340. The maximum absolute atomic E-state index is 13.1. The van der Waals surface area contributed by atoms with Gasteiger partial charge in [-0.15, -0.1) is 10.2 Å². The van der Waals surface area contributed by atoms with E-state index in [1.165, 1.54) is 18.2 Å². The lowest BCUT2D eigenvalue weighted by atomic mass is 9.95. The minimum Gasteiger partial charge on any atom is -0.355 e. The predicted octanol–water partition coefficient (Wildman–Crippen LogP) is 3.89. The number of carbonyl (C=O) groups excluding carboxylic acids is 1. The molecular weight excluding hydrogens is 447 g/mol. The fourth-order valence-corrected chi connectivity index (χ4v) is 4.11. The van der Waals surface area contributed by atoms with Crippen LogP contribution in [0, 0.1) is 11.7 Å². The van der Waals surface area contributed by atoms with Crippen LogP contribution in [0.5, 0.6) is 0 Å². The van der Waals surface area contributed by atoms with Crippen LogP contribution >= 0.6 is 0 Å². The Hall–Kier alpha value is -4.40. The number of nitrogens with zero attached hydrogens (tertiary/aromatic N) is 4. The van der Waals surface area contributed by atoms with E-state index in [1.54, 1.807) is 18.2 Å². The Morgan fingerprint density at radius 3 is 2.14 bits per heavy atom. The topological polar surface area (TPSA) is 104 Å². The van der Waals surface area contributed by atoms with E-state index >= 15 is 0 Å². The minimum atomic E-state index is -0.287. The molecule has 1 aliphatic rings. The zero-order valence-electron chi connectivity index (χ0n) is 18.8. The maximum Gasteiger partial charge on any atom is 0.264 e. The quantitative estimate of drug-likeness (QED) is 0.459. The summed E-state index contributed by atoms with van der Waals surface area (Å²) < 4.78 is 13.1. The predicted molar refractivity (Wildman–Crippen MR) is 131 cm³/mol. The van der Waals surface area contributed by atoms with E-state index in [4.69, 9.17) is 0 Å². The third kappa shape index (κ3) is 5.24. The molecule has 0 unspecified atom stereocenters. The van der Waals surface area contributed by atoms with Crippen molar-refractivity contribution in [2.45, 2.75) is 12.8 Å². The molecule has 2 aromatic carbocycles. The summed E-state index contributed by atoms with van der Waals surface area (Å²) in [6, 6.07) is 20.4. The number of halogens is 1. The van der Waals surface area contributed by atoms with Gasteiger partial charge in [-0.1, -0.05) is 12.1 Å². The molecule has 0 spiro atoms. The van der Waals surface area contributed by atoms with Gasteiger partial charge in [-0.3, -0.25) is 9.59 Å². The standard InChI is InChI=1S/C26H23FN6O2/c27-20-5-1-17(2-6-20)22-9-11-24(31-29-22)33-15-13-19(14-16-33)26(35)28-21-7-3-18(4-8-21)23-10-12-25(34)32-30-23/h1-12,19H,13-16H2,(H,28,35)(H,32,34). The van der Waals surface area contributed by atoms with Gasteiger partial charge in [0.1, 0.15) is 5.82 Å². The van der Waals surface area contributed by atoms with Crippen molar-refractivity contribution >= 4 is 17.4 Å². The van der Waals surface area contributed by atoms with Gasteiger partial charge in [-0.25, -0.2) is 9.49 Å². The van der Waals surface area contributed by atoms with Crippen molar-refractivity contribution in [3.63, 3.8) is 0 Å². The molecule has 0 aliphatic carbocycles. The number of hydrogen-bond acceptors (Lipinski definition) is 6. The third-order valence-electron chi connectivity index (χ3n) is 6.11. The van der Waals surface area contributed by atoms with Crippen LogP contribution in [-0.4, -0.2) is 39.4 Å². The lowest BCUT2D eigenvalue weighted by molar-refractivity contribution is -0.120. The number of anilines is 2. The fraction of sp³-hybridized carbons (Fsp3) is 0.192. The molecule has 1 aliphatic heterocycles. The highest BCUT2D eigenvalue weighted by Gasteiger charge is 2.26. The van der Waals surface area contributed by atoms with Crippen molar-refractivity contribution in [3.8, 4) is 22.5 Å². The van der Waals surface area contributed by atoms with Crippen LogP contribution < -0.4 is 15.8 Å². The number of amides is 1. The summed E-state index contributed by atoms with van der Waals surface area (Å²) in [5.74, 6) is 0.391. The van der Waals surface area contributed by atoms with E-state index in [9.17, 15) is 14.0 Å². The molecule has 0 bridgehead atoms. The van der Waals surface area contributed by atoms with Crippen molar-refractivity contribution in [3.05, 3.63) is 89.0 Å². The first-order valence-electron chi connectivity index (χ1n) is 11.4.